The maximum atomic E-state index is 12.6. The summed E-state index contributed by atoms with van der Waals surface area (Å²) in [5.74, 6) is 0.0584. The molecule has 27 heavy (non-hydrogen) atoms. The highest BCUT2D eigenvalue weighted by Gasteiger charge is 2.27. The Hall–Kier alpha value is -2.19. The average molecular weight is 394 g/mol. The number of ether oxygens (including phenoxy) is 1. The van der Waals surface area contributed by atoms with E-state index >= 15 is 0 Å². The third kappa shape index (κ3) is 6.48. The largest absolute Gasteiger partial charge is 0.361 e. The van der Waals surface area contributed by atoms with E-state index in [0.29, 0.717) is 24.3 Å². The van der Waals surface area contributed by atoms with Gasteiger partial charge in [0.25, 0.3) is 5.56 Å². The van der Waals surface area contributed by atoms with Crippen LogP contribution in [0.2, 0.25) is 0 Å². The van der Waals surface area contributed by atoms with Crippen LogP contribution >= 0.6 is 0 Å². The first kappa shape index (κ1) is 21.1. The SMILES string of the molecule is Cc1cccc(S(=O)(=O)CC(C)(C)CCCOCn2ccc(=O)[nH]c2=O)c1. The Kier molecular flexibility index (Phi) is 6.78. The number of H-pyrrole nitrogens is 1. The van der Waals surface area contributed by atoms with Crippen LogP contribution in [-0.4, -0.2) is 30.3 Å². The van der Waals surface area contributed by atoms with Crippen LogP contribution in [-0.2, 0) is 21.3 Å². The van der Waals surface area contributed by atoms with Gasteiger partial charge in [-0.15, -0.1) is 0 Å². The lowest BCUT2D eigenvalue weighted by Crippen LogP contribution is -2.29. The molecule has 0 radical (unpaired) electrons. The molecule has 0 bridgehead atoms. The van der Waals surface area contributed by atoms with Crippen molar-refractivity contribution >= 4 is 9.84 Å². The van der Waals surface area contributed by atoms with Gasteiger partial charge in [0.05, 0.1) is 10.6 Å². The molecule has 1 aromatic heterocycles. The zero-order chi connectivity index (χ0) is 20.1. The molecule has 2 aromatic rings. The van der Waals surface area contributed by atoms with Crippen molar-refractivity contribution in [2.24, 2.45) is 5.41 Å². The molecule has 0 unspecified atom stereocenters. The molecule has 1 aromatic carbocycles. The molecule has 0 aliphatic rings. The van der Waals surface area contributed by atoms with Crippen LogP contribution in [0.3, 0.4) is 0 Å². The Labute approximate surface area is 158 Å². The molecule has 1 N–H and O–H groups in total. The van der Waals surface area contributed by atoms with Crippen LogP contribution in [0.15, 0.2) is 51.0 Å². The first-order chi connectivity index (χ1) is 12.6. The van der Waals surface area contributed by atoms with Crippen molar-refractivity contribution in [3.63, 3.8) is 0 Å². The molecular weight excluding hydrogens is 368 g/mol. The standard InChI is InChI=1S/C19H26N2O5S/c1-15-6-4-7-16(12-15)27(24,25)13-19(2,3)9-5-11-26-14-21-10-8-17(22)20-18(21)23/h4,6-8,10,12H,5,9,11,13-14H2,1-3H3,(H,20,22,23). The fourth-order valence-electron chi connectivity index (χ4n) is 2.84. The van der Waals surface area contributed by atoms with Gasteiger partial charge in [0, 0.05) is 18.9 Å². The third-order valence-corrected chi connectivity index (χ3v) is 6.33. The highest BCUT2D eigenvalue weighted by atomic mass is 32.2. The lowest BCUT2D eigenvalue weighted by molar-refractivity contribution is 0.0663. The smallest absolute Gasteiger partial charge is 0.330 e. The number of sulfone groups is 1. The van der Waals surface area contributed by atoms with E-state index < -0.39 is 26.5 Å². The molecule has 0 amide bonds. The van der Waals surface area contributed by atoms with Crippen molar-refractivity contribution in [2.75, 3.05) is 12.4 Å². The minimum atomic E-state index is -3.36. The van der Waals surface area contributed by atoms with E-state index in [-0.39, 0.29) is 12.5 Å². The topological polar surface area (TPSA) is 98.2 Å². The van der Waals surface area contributed by atoms with Gasteiger partial charge in [-0.05, 0) is 42.9 Å². The van der Waals surface area contributed by atoms with Gasteiger partial charge in [-0.2, -0.15) is 0 Å². The number of aromatic nitrogens is 2. The molecule has 0 fully saturated rings. The van der Waals surface area contributed by atoms with Crippen LogP contribution in [0, 0.1) is 12.3 Å². The number of nitrogens with zero attached hydrogens (tertiary/aromatic N) is 1. The molecule has 1 heterocycles. The summed E-state index contributed by atoms with van der Waals surface area (Å²) >= 11 is 0. The highest BCUT2D eigenvalue weighted by molar-refractivity contribution is 7.91. The molecule has 0 aliphatic heterocycles. The minimum Gasteiger partial charge on any atom is -0.361 e. The van der Waals surface area contributed by atoms with Crippen LogP contribution in [0.25, 0.3) is 0 Å². The minimum absolute atomic E-state index is 0.0393. The van der Waals surface area contributed by atoms with Crippen molar-refractivity contribution in [3.8, 4) is 0 Å². The van der Waals surface area contributed by atoms with E-state index in [1.807, 2.05) is 26.8 Å². The van der Waals surface area contributed by atoms with Crippen molar-refractivity contribution < 1.29 is 13.2 Å². The van der Waals surface area contributed by atoms with Crippen molar-refractivity contribution in [1.29, 1.82) is 0 Å². The van der Waals surface area contributed by atoms with Gasteiger partial charge < -0.3 is 4.74 Å². The van der Waals surface area contributed by atoms with Gasteiger partial charge in [-0.25, -0.2) is 13.2 Å². The summed E-state index contributed by atoms with van der Waals surface area (Å²) in [6.07, 6.45) is 2.70. The normalized spacial score (nSPS) is 12.3. The second kappa shape index (κ2) is 8.67. The Morgan fingerprint density at radius 1 is 1.19 bits per heavy atom. The maximum absolute atomic E-state index is 12.6. The molecule has 8 heteroatoms. The number of rotatable bonds is 9. The quantitative estimate of drug-likeness (QED) is 0.657. The molecule has 0 saturated carbocycles. The van der Waals surface area contributed by atoms with Crippen LogP contribution in [0.1, 0.15) is 32.3 Å². The molecule has 0 atom stereocenters. The summed E-state index contributed by atoms with van der Waals surface area (Å²) in [4.78, 5) is 25.1. The van der Waals surface area contributed by atoms with E-state index in [1.54, 1.807) is 18.2 Å². The molecule has 0 saturated heterocycles. The second-order valence-electron chi connectivity index (χ2n) is 7.46. The molecule has 0 spiro atoms. The van der Waals surface area contributed by atoms with Gasteiger partial charge in [-0.1, -0.05) is 26.0 Å². The molecule has 148 valence electrons. The predicted octanol–water partition coefficient (Wildman–Crippen LogP) is 2.10. The first-order valence-electron chi connectivity index (χ1n) is 8.76. The van der Waals surface area contributed by atoms with Gasteiger partial charge in [0.15, 0.2) is 9.84 Å². The van der Waals surface area contributed by atoms with Gasteiger partial charge in [-0.3, -0.25) is 14.3 Å². The highest BCUT2D eigenvalue weighted by Crippen LogP contribution is 2.28. The molecule has 2 rings (SSSR count). The Bertz CT molecular complexity index is 989. The average Bonchev–Trinajstić information content (AvgIpc) is 2.55. The van der Waals surface area contributed by atoms with Crippen LogP contribution in [0.5, 0.6) is 0 Å². The number of nitrogens with one attached hydrogen (secondary N) is 1. The fraction of sp³-hybridized carbons (Fsp3) is 0.474. The summed E-state index contributed by atoms with van der Waals surface area (Å²) in [7, 11) is -3.36. The van der Waals surface area contributed by atoms with Gasteiger partial charge in [0.2, 0.25) is 0 Å². The maximum Gasteiger partial charge on any atom is 0.330 e. The monoisotopic (exact) mass is 394 g/mol. The molecule has 0 aliphatic carbocycles. The summed E-state index contributed by atoms with van der Waals surface area (Å²) in [5.41, 5.74) is -0.458. The lowest BCUT2D eigenvalue weighted by Gasteiger charge is -2.24. The Morgan fingerprint density at radius 2 is 1.93 bits per heavy atom. The van der Waals surface area contributed by atoms with Crippen molar-refractivity contribution in [3.05, 3.63) is 62.9 Å². The number of benzene rings is 1. The summed E-state index contributed by atoms with van der Waals surface area (Å²) in [6.45, 7) is 6.14. The van der Waals surface area contributed by atoms with E-state index in [2.05, 4.69) is 4.98 Å². The van der Waals surface area contributed by atoms with Crippen molar-refractivity contribution in [2.45, 2.75) is 45.2 Å². The number of aromatic amines is 1. The van der Waals surface area contributed by atoms with E-state index in [4.69, 9.17) is 4.74 Å². The number of hydrogen-bond acceptors (Lipinski definition) is 5. The third-order valence-electron chi connectivity index (χ3n) is 4.20. The van der Waals surface area contributed by atoms with E-state index in [1.165, 1.54) is 16.8 Å². The first-order valence-corrected chi connectivity index (χ1v) is 10.4. The van der Waals surface area contributed by atoms with Crippen molar-refractivity contribution in [1.82, 2.24) is 9.55 Å². The second-order valence-corrected chi connectivity index (χ2v) is 9.45. The summed E-state index contributed by atoms with van der Waals surface area (Å²) in [6, 6.07) is 8.20. The summed E-state index contributed by atoms with van der Waals surface area (Å²) < 4.78 is 32.0. The molecule has 7 nitrogen and oxygen atoms in total. The Balaban J connectivity index is 1.84. The zero-order valence-electron chi connectivity index (χ0n) is 15.9. The van der Waals surface area contributed by atoms with Gasteiger partial charge in [0.1, 0.15) is 6.73 Å². The number of hydrogen-bond donors (Lipinski definition) is 1. The van der Waals surface area contributed by atoms with E-state index in [0.717, 1.165) is 5.56 Å². The molecular formula is C19H26N2O5S. The predicted molar refractivity (Wildman–Crippen MR) is 104 cm³/mol. The Morgan fingerprint density at radius 3 is 2.59 bits per heavy atom. The summed E-state index contributed by atoms with van der Waals surface area (Å²) in [5, 5.41) is 0. The van der Waals surface area contributed by atoms with Crippen LogP contribution < -0.4 is 11.2 Å². The van der Waals surface area contributed by atoms with E-state index in [9.17, 15) is 18.0 Å². The lowest BCUT2D eigenvalue weighted by atomic mass is 9.90. The number of aryl methyl sites for hydroxylation is 1. The fourth-order valence-corrected chi connectivity index (χ4v) is 4.83. The zero-order valence-corrected chi connectivity index (χ0v) is 16.7. The van der Waals surface area contributed by atoms with Crippen LogP contribution in [0.4, 0.5) is 0 Å². The van der Waals surface area contributed by atoms with Gasteiger partial charge >= 0.3 is 5.69 Å².